The quantitative estimate of drug-likeness (QED) is 0.620. The summed E-state index contributed by atoms with van der Waals surface area (Å²) in [5.74, 6) is 0. The standard InChI is InChI=1S/C9H21N3/c1-7(2)11-9-6-12(4)5-8(9)10-3/h7-11H,5-6H2,1-4H3/t8-,9-/m1/s1. The highest BCUT2D eigenvalue weighted by Crippen LogP contribution is 2.07. The molecule has 0 saturated carbocycles. The van der Waals surface area contributed by atoms with Gasteiger partial charge < -0.3 is 15.5 Å². The predicted octanol–water partition coefficient (Wildman–Crippen LogP) is -0.114. The Bertz CT molecular complexity index is 136. The van der Waals surface area contributed by atoms with Crippen molar-refractivity contribution in [2.45, 2.75) is 32.0 Å². The third-order valence-corrected chi connectivity index (χ3v) is 2.42. The maximum absolute atomic E-state index is 3.57. The molecule has 0 aromatic carbocycles. The SMILES string of the molecule is CN[C@@H]1CN(C)C[C@H]1NC(C)C. The van der Waals surface area contributed by atoms with E-state index in [0.29, 0.717) is 18.1 Å². The largest absolute Gasteiger partial charge is 0.314 e. The van der Waals surface area contributed by atoms with E-state index < -0.39 is 0 Å². The van der Waals surface area contributed by atoms with E-state index in [-0.39, 0.29) is 0 Å². The summed E-state index contributed by atoms with van der Waals surface area (Å²) in [4.78, 5) is 2.36. The minimum Gasteiger partial charge on any atom is -0.314 e. The molecular formula is C9H21N3. The van der Waals surface area contributed by atoms with Crippen LogP contribution >= 0.6 is 0 Å². The van der Waals surface area contributed by atoms with Crippen LogP contribution in [0.2, 0.25) is 0 Å². The van der Waals surface area contributed by atoms with Gasteiger partial charge in [-0.05, 0) is 14.1 Å². The summed E-state index contributed by atoms with van der Waals surface area (Å²) in [7, 11) is 4.21. The maximum Gasteiger partial charge on any atom is 0.0363 e. The molecule has 3 nitrogen and oxygen atoms in total. The number of hydrogen-bond acceptors (Lipinski definition) is 3. The maximum atomic E-state index is 3.57. The molecule has 0 aliphatic carbocycles. The molecule has 0 aromatic rings. The summed E-state index contributed by atoms with van der Waals surface area (Å²) in [6.07, 6.45) is 0. The molecule has 1 fully saturated rings. The highest BCUT2D eigenvalue weighted by Gasteiger charge is 2.29. The van der Waals surface area contributed by atoms with Crippen molar-refractivity contribution in [3.05, 3.63) is 0 Å². The Morgan fingerprint density at radius 1 is 1.25 bits per heavy atom. The van der Waals surface area contributed by atoms with E-state index in [4.69, 9.17) is 0 Å². The first-order chi connectivity index (χ1) is 5.63. The lowest BCUT2D eigenvalue weighted by atomic mass is 10.1. The third-order valence-electron chi connectivity index (χ3n) is 2.42. The molecule has 1 heterocycles. The van der Waals surface area contributed by atoms with Crippen molar-refractivity contribution < 1.29 is 0 Å². The zero-order chi connectivity index (χ0) is 9.14. The monoisotopic (exact) mass is 171 g/mol. The smallest absolute Gasteiger partial charge is 0.0363 e. The van der Waals surface area contributed by atoms with Crippen LogP contribution < -0.4 is 10.6 Å². The van der Waals surface area contributed by atoms with Crippen molar-refractivity contribution in [1.29, 1.82) is 0 Å². The summed E-state index contributed by atoms with van der Waals surface area (Å²) < 4.78 is 0. The Kier molecular flexibility index (Phi) is 3.50. The van der Waals surface area contributed by atoms with Gasteiger partial charge in [0.15, 0.2) is 0 Å². The van der Waals surface area contributed by atoms with Gasteiger partial charge in [0.25, 0.3) is 0 Å². The van der Waals surface area contributed by atoms with E-state index in [1.165, 1.54) is 0 Å². The van der Waals surface area contributed by atoms with Gasteiger partial charge in [-0.15, -0.1) is 0 Å². The second-order valence-corrected chi connectivity index (χ2v) is 4.04. The number of likely N-dealkylation sites (tertiary alicyclic amines) is 1. The van der Waals surface area contributed by atoms with E-state index in [9.17, 15) is 0 Å². The zero-order valence-corrected chi connectivity index (χ0v) is 8.59. The van der Waals surface area contributed by atoms with Crippen LogP contribution in [0.5, 0.6) is 0 Å². The normalized spacial score (nSPS) is 31.8. The molecule has 2 atom stereocenters. The molecule has 0 bridgehead atoms. The fourth-order valence-electron chi connectivity index (χ4n) is 1.89. The molecule has 0 spiro atoms. The number of nitrogens with zero attached hydrogens (tertiary/aromatic N) is 1. The van der Waals surface area contributed by atoms with Crippen LogP contribution in [-0.2, 0) is 0 Å². The van der Waals surface area contributed by atoms with Gasteiger partial charge in [-0.25, -0.2) is 0 Å². The molecule has 1 aliphatic rings. The molecule has 0 amide bonds. The van der Waals surface area contributed by atoms with Gasteiger partial charge >= 0.3 is 0 Å². The van der Waals surface area contributed by atoms with Gasteiger partial charge in [-0.3, -0.25) is 0 Å². The number of nitrogens with one attached hydrogen (secondary N) is 2. The Hall–Kier alpha value is -0.120. The van der Waals surface area contributed by atoms with Crippen LogP contribution in [0, 0.1) is 0 Å². The summed E-state index contributed by atoms with van der Waals surface area (Å²) in [6, 6.07) is 1.80. The van der Waals surface area contributed by atoms with E-state index in [2.05, 4.69) is 36.4 Å². The average Bonchev–Trinajstić information content (AvgIpc) is 2.29. The predicted molar refractivity (Wildman–Crippen MR) is 52.4 cm³/mol. The van der Waals surface area contributed by atoms with Crippen molar-refractivity contribution in [3.8, 4) is 0 Å². The number of likely N-dealkylation sites (N-methyl/N-ethyl adjacent to an activating group) is 2. The number of rotatable bonds is 3. The molecule has 2 N–H and O–H groups in total. The lowest BCUT2D eigenvalue weighted by Gasteiger charge is -2.21. The molecule has 0 radical (unpaired) electrons. The summed E-state index contributed by atoms with van der Waals surface area (Å²) in [5.41, 5.74) is 0. The van der Waals surface area contributed by atoms with Gasteiger partial charge in [0.05, 0.1) is 0 Å². The minimum absolute atomic E-state index is 0.581. The van der Waals surface area contributed by atoms with Crippen molar-refractivity contribution >= 4 is 0 Å². The Morgan fingerprint density at radius 3 is 2.33 bits per heavy atom. The van der Waals surface area contributed by atoms with Gasteiger partial charge in [0.2, 0.25) is 0 Å². The number of hydrogen-bond donors (Lipinski definition) is 2. The van der Waals surface area contributed by atoms with E-state index >= 15 is 0 Å². The zero-order valence-electron chi connectivity index (χ0n) is 8.59. The molecule has 0 aromatic heterocycles. The van der Waals surface area contributed by atoms with Crippen LogP contribution in [0.3, 0.4) is 0 Å². The van der Waals surface area contributed by atoms with Crippen LogP contribution in [0.1, 0.15) is 13.8 Å². The fraction of sp³-hybridized carbons (Fsp3) is 1.00. The van der Waals surface area contributed by atoms with Crippen molar-refractivity contribution in [1.82, 2.24) is 15.5 Å². The topological polar surface area (TPSA) is 27.3 Å². The van der Waals surface area contributed by atoms with Gasteiger partial charge in [0.1, 0.15) is 0 Å². The van der Waals surface area contributed by atoms with Crippen molar-refractivity contribution in [2.24, 2.45) is 0 Å². The van der Waals surface area contributed by atoms with E-state index in [1.807, 2.05) is 7.05 Å². The molecular weight excluding hydrogens is 150 g/mol. The summed E-state index contributed by atoms with van der Waals surface area (Å²) in [5, 5.41) is 6.91. The minimum atomic E-state index is 0.581. The molecule has 1 rings (SSSR count). The lowest BCUT2D eigenvalue weighted by molar-refractivity contribution is 0.389. The Balaban J connectivity index is 2.40. The van der Waals surface area contributed by atoms with Gasteiger partial charge in [-0.2, -0.15) is 0 Å². The third kappa shape index (κ3) is 2.44. The van der Waals surface area contributed by atoms with Gasteiger partial charge in [0, 0.05) is 31.2 Å². The van der Waals surface area contributed by atoms with Crippen LogP contribution in [0.15, 0.2) is 0 Å². The summed E-state index contributed by atoms with van der Waals surface area (Å²) >= 11 is 0. The molecule has 1 aliphatic heterocycles. The molecule has 72 valence electrons. The first-order valence-electron chi connectivity index (χ1n) is 4.75. The van der Waals surface area contributed by atoms with Crippen molar-refractivity contribution in [2.75, 3.05) is 27.2 Å². The highest BCUT2D eigenvalue weighted by molar-refractivity contribution is 4.92. The van der Waals surface area contributed by atoms with Crippen LogP contribution in [0.4, 0.5) is 0 Å². The summed E-state index contributed by atoms with van der Waals surface area (Å²) in [6.45, 7) is 6.71. The fourth-order valence-corrected chi connectivity index (χ4v) is 1.89. The van der Waals surface area contributed by atoms with E-state index in [0.717, 1.165) is 13.1 Å². The lowest BCUT2D eigenvalue weighted by Crippen LogP contribution is -2.48. The molecule has 0 unspecified atom stereocenters. The molecule has 1 saturated heterocycles. The average molecular weight is 171 g/mol. The highest BCUT2D eigenvalue weighted by atomic mass is 15.2. The van der Waals surface area contributed by atoms with Crippen molar-refractivity contribution in [3.63, 3.8) is 0 Å². The second-order valence-electron chi connectivity index (χ2n) is 4.04. The Morgan fingerprint density at radius 2 is 1.83 bits per heavy atom. The Labute approximate surface area is 75.5 Å². The van der Waals surface area contributed by atoms with Crippen LogP contribution in [0.25, 0.3) is 0 Å². The molecule has 3 heteroatoms. The van der Waals surface area contributed by atoms with Gasteiger partial charge in [-0.1, -0.05) is 13.8 Å². The first-order valence-corrected chi connectivity index (χ1v) is 4.75. The molecule has 12 heavy (non-hydrogen) atoms. The van der Waals surface area contributed by atoms with Crippen LogP contribution in [-0.4, -0.2) is 50.2 Å². The first kappa shape index (κ1) is 9.96. The second kappa shape index (κ2) is 4.21. The van der Waals surface area contributed by atoms with E-state index in [1.54, 1.807) is 0 Å².